The zero-order chi connectivity index (χ0) is 19.1. The Kier molecular flexibility index (Phi) is 8.44. The first-order chi connectivity index (χ1) is 13.1. The van der Waals surface area contributed by atoms with Crippen molar-refractivity contribution in [3.8, 4) is 5.75 Å². The van der Waals surface area contributed by atoms with Gasteiger partial charge in [-0.15, -0.1) is 0 Å². The third-order valence-corrected chi connectivity index (χ3v) is 6.96. The lowest BCUT2D eigenvalue weighted by Crippen LogP contribution is -2.44. The van der Waals surface area contributed by atoms with Crippen LogP contribution < -0.4 is 10.1 Å². The maximum atomic E-state index is 10.4. The Bertz CT molecular complexity index is 569. The van der Waals surface area contributed by atoms with Gasteiger partial charge in [0.15, 0.2) is 0 Å². The maximum absolute atomic E-state index is 10.4. The molecule has 0 amide bonds. The minimum atomic E-state index is -0.254. The van der Waals surface area contributed by atoms with Gasteiger partial charge >= 0.3 is 0 Å². The van der Waals surface area contributed by atoms with E-state index in [0.29, 0.717) is 12.0 Å². The zero-order valence-electron chi connectivity index (χ0n) is 16.6. The summed E-state index contributed by atoms with van der Waals surface area (Å²) in [5, 5.41) is 14.0. The maximum Gasteiger partial charge on any atom is 0.119 e. The van der Waals surface area contributed by atoms with Gasteiger partial charge in [0.2, 0.25) is 0 Å². The molecule has 152 valence electrons. The molecule has 27 heavy (non-hydrogen) atoms. The average molecular weight is 439 g/mol. The molecule has 3 rings (SSSR count). The molecule has 0 aromatic heterocycles. The normalized spacial score (nSPS) is 21.3. The van der Waals surface area contributed by atoms with Crippen LogP contribution in [0.15, 0.2) is 22.7 Å². The molecule has 4 nitrogen and oxygen atoms in total. The quantitative estimate of drug-likeness (QED) is 0.643. The van der Waals surface area contributed by atoms with Gasteiger partial charge in [-0.1, -0.05) is 35.2 Å². The molecule has 2 aliphatic rings. The molecular weight excluding hydrogens is 404 g/mol. The number of β-amino-alcohol motifs (C(OH)–C–C–N with tert-alkyl or cyclic N) is 1. The highest BCUT2D eigenvalue weighted by atomic mass is 79.9. The predicted molar refractivity (Wildman–Crippen MR) is 114 cm³/mol. The van der Waals surface area contributed by atoms with Crippen molar-refractivity contribution in [2.45, 2.75) is 63.5 Å². The van der Waals surface area contributed by atoms with Crippen LogP contribution in [-0.4, -0.2) is 55.4 Å². The summed E-state index contributed by atoms with van der Waals surface area (Å²) < 4.78 is 6.54. The van der Waals surface area contributed by atoms with E-state index in [1.54, 1.807) is 7.11 Å². The summed E-state index contributed by atoms with van der Waals surface area (Å²) in [6.07, 6.45) is 9.85. The second-order valence-corrected chi connectivity index (χ2v) is 9.16. The molecule has 1 heterocycles. The summed E-state index contributed by atoms with van der Waals surface area (Å²) in [5.41, 5.74) is 1.34. The fraction of sp³-hybridized carbons (Fsp3) is 0.727. The van der Waals surface area contributed by atoms with Crippen molar-refractivity contribution in [3.63, 3.8) is 0 Å². The van der Waals surface area contributed by atoms with E-state index in [4.69, 9.17) is 4.74 Å². The van der Waals surface area contributed by atoms with Gasteiger partial charge in [0.25, 0.3) is 0 Å². The second kappa shape index (κ2) is 10.8. The first-order valence-electron chi connectivity index (χ1n) is 10.6. The van der Waals surface area contributed by atoms with Crippen LogP contribution in [0.2, 0.25) is 0 Å². The predicted octanol–water partition coefficient (Wildman–Crippen LogP) is 4.00. The first-order valence-corrected chi connectivity index (χ1v) is 11.4. The number of benzene rings is 1. The molecule has 1 saturated carbocycles. The Balaban J connectivity index is 1.37. The van der Waals surface area contributed by atoms with E-state index in [1.165, 1.54) is 55.0 Å². The molecule has 1 atom stereocenters. The molecule has 5 heteroatoms. The number of aliphatic hydroxyl groups is 1. The van der Waals surface area contributed by atoms with Gasteiger partial charge in [0.05, 0.1) is 13.2 Å². The van der Waals surface area contributed by atoms with Crippen molar-refractivity contribution in [2.24, 2.45) is 5.92 Å². The molecule has 1 saturated heterocycles. The summed E-state index contributed by atoms with van der Waals surface area (Å²) in [6, 6.07) is 6.86. The van der Waals surface area contributed by atoms with Crippen LogP contribution in [-0.2, 0) is 6.42 Å². The molecule has 2 N–H and O–H groups in total. The van der Waals surface area contributed by atoms with Gasteiger partial charge in [-0.3, -0.25) is 0 Å². The largest absolute Gasteiger partial charge is 0.497 e. The molecule has 1 aliphatic heterocycles. The summed E-state index contributed by atoms with van der Waals surface area (Å²) >= 11 is 3.68. The number of ether oxygens (including phenoxy) is 1. The van der Waals surface area contributed by atoms with Crippen LogP contribution in [0.5, 0.6) is 5.75 Å². The summed E-state index contributed by atoms with van der Waals surface area (Å²) in [6.45, 7) is 3.72. The number of piperidine rings is 1. The van der Waals surface area contributed by atoms with E-state index in [9.17, 15) is 5.11 Å². The number of likely N-dealkylation sites (tertiary alicyclic amines) is 1. The van der Waals surface area contributed by atoms with Gasteiger partial charge in [-0.2, -0.15) is 0 Å². The van der Waals surface area contributed by atoms with Crippen LogP contribution in [0, 0.1) is 5.92 Å². The first kappa shape index (κ1) is 21.1. The topological polar surface area (TPSA) is 44.7 Å². The van der Waals surface area contributed by atoms with Gasteiger partial charge in [-0.25, -0.2) is 0 Å². The Morgan fingerprint density at radius 1 is 1.19 bits per heavy atom. The Hall–Kier alpha value is -0.620. The molecule has 1 unspecified atom stereocenters. The standard InChI is InChI=1S/C22H35BrN2O2/c1-27-21-7-8-22(23)18(14-21)13-17-9-11-25(12-10-17)16-20(26)15-24-19-5-3-2-4-6-19/h7-8,14,17,19-20,24,26H,2-6,9-13,15-16H2,1H3. The van der Waals surface area contributed by atoms with Crippen molar-refractivity contribution in [2.75, 3.05) is 33.3 Å². The highest BCUT2D eigenvalue weighted by Gasteiger charge is 2.22. The summed E-state index contributed by atoms with van der Waals surface area (Å²) in [7, 11) is 1.72. The highest BCUT2D eigenvalue weighted by molar-refractivity contribution is 9.10. The van der Waals surface area contributed by atoms with E-state index in [1.807, 2.05) is 6.07 Å². The van der Waals surface area contributed by atoms with Crippen LogP contribution in [0.1, 0.15) is 50.5 Å². The zero-order valence-corrected chi connectivity index (χ0v) is 18.2. The molecule has 0 radical (unpaired) electrons. The number of hydrogen-bond acceptors (Lipinski definition) is 4. The molecule has 1 aromatic carbocycles. The molecule has 2 fully saturated rings. The SMILES string of the molecule is COc1ccc(Br)c(CC2CCN(CC(O)CNC3CCCCC3)CC2)c1. The molecule has 1 aromatic rings. The van der Waals surface area contributed by atoms with Gasteiger partial charge in [0, 0.05) is 23.6 Å². The van der Waals surface area contributed by atoms with E-state index in [0.717, 1.165) is 38.3 Å². The minimum Gasteiger partial charge on any atom is -0.497 e. The molecule has 0 spiro atoms. The third kappa shape index (κ3) is 6.74. The summed E-state index contributed by atoms with van der Waals surface area (Å²) in [4.78, 5) is 2.43. The van der Waals surface area contributed by atoms with Crippen molar-refractivity contribution < 1.29 is 9.84 Å². The fourth-order valence-corrected chi connectivity index (χ4v) is 4.90. The van der Waals surface area contributed by atoms with Gasteiger partial charge < -0.3 is 20.1 Å². The number of rotatable bonds is 8. The Morgan fingerprint density at radius 2 is 1.93 bits per heavy atom. The minimum absolute atomic E-state index is 0.254. The lowest BCUT2D eigenvalue weighted by Gasteiger charge is -2.34. The van der Waals surface area contributed by atoms with Crippen LogP contribution in [0.3, 0.4) is 0 Å². The van der Waals surface area contributed by atoms with Crippen molar-refractivity contribution in [1.82, 2.24) is 10.2 Å². The van der Waals surface area contributed by atoms with Crippen LogP contribution in [0.4, 0.5) is 0 Å². The number of halogens is 1. The van der Waals surface area contributed by atoms with E-state index < -0.39 is 0 Å². The van der Waals surface area contributed by atoms with E-state index in [-0.39, 0.29) is 6.10 Å². The smallest absolute Gasteiger partial charge is 0.119 e. The van der Waals surface area contributed by atoms with Crippen molar-refractivity contribution >= 4 is 15.9 Å². The monoisotopic (exact) mass is 438 g/mol. The van der Waals surface area contributed by atoms with Crippen molar-refractivity contribution in [3.05, 3.63) is 28.2 Å². The molecule has 0 bridgehead atoms. The van der Waals surface area contributed by atoms with Gasteiger partial charge in [0.1, 0.15) is 5.75 Å². The average Bonchev–Trinajstić information content (AvgIpc) is 2.70. The second-order valence-electron chi connectivity index (χ2n) is 8.30. The van der Waals surface area contributed by atoms with Crippen molar-refractivity contribution in [1.29, 1.82) is 0 Å². The molecule has 1 aliphatic carbocycles. The summed E-state index contributed by atoms with van der Waals surface area (Å²) in [5.74, 6) is 1.64. The van der Waals surface area contributed by atoms with Gasteiger partial charge in [-0.05, 0) is 74.9 Å². The fourth-order valence-electron chi connectivity index (χ4n) is 4.49. The number of nitrogens with zero attached hydrogens (tertiary/aromatic N) is 1. The Labute approximate surface area is 172 Å². The number of aliphatic hydroxyl groups excluding tert-OH is 1. The van der Waals surface area contributed by atoms with Crippen LogP contribution >= 0.6 is 15.9 Å². The molecular formula is C22H35BrN2O2. The number of methoxy groups -OCH3 is 1. The van der Waals surface area contributed by atoms with Crippen LogP contribution in [0.25, 0.3) is 0 Å². The lowest BCUT2D eigenvalue weighted by atomic mass is 9.90. The lowest BCUT2D eigenvalue weighted by molar-refractivity contribution is 0.0855. The number of hydrogen-bond donors (Lipinski definition) is 2. The van der Waals surface area contributed by atoms with E-state index in [2.05, 4.69) is 38.3 Å². The third-order valence-electron chi connectivity index (χ3n) is 6.18. The highest BCUT2D eigenvalue weighted by Crippen LogP contribution is 2.28. The Morgan fingerprint density at radius 3 is 2.63 bits per heavy atom. The number of nitrogens with one attached hydrogen (secondary N) is 1. The van der Waals surface area contributed by atoms with E-state index >= 15 is 0 Å².